The zero-order valence-electron chi connectivity index (χ0n) is 11.5. The third-order valence-corrected chi connectivity index (χ3v) is 2.94. The van der Waals surface area contributed by atoms with Gasteiger partial charge in [-0.25, -0.2) is 0 Å². The number of carbonyl (C=O) groups excluding carboxylic acids is 2. The van der Waals surface area contributed by atoms with Gasteiger partial charge in [0.1, 0.15) is 0 Å². The first-order valence-electron chi connectivity index (χ1n) is 6.28. The van der Waals surface area contributed by atoms with Crippen molar-refractivity contribution >= 4 is 11.9 Å². The smallest absolute Gasteiger partial charge is 0.471 e. The van der Waals surface area contributed by atoms with Crippen molar-refractivity contribution in [2.24, 2.45) is 0 Å². The van der Waals surface area contributed by atoms with Crippen molar-refractivity contribution in [3.63, 3.8) is 0 Å². The zero-order valence-corrected chi connectivity index (χ0v) is 11.5. The van der Waals surface area contributed by atoms with Crippen LogP contribution in [0.4, 0.5) is 13.2 Å². The Labute approximate surface area is 120 Å². The summed E-state index contributed by atoms with van der Waals surface area (Å²) in [6.07, 6.45) is -5.80. The SMILES string of the molecule is CC(C)c1ccc([C@@H](CC(=O)[O-])NC(=O)C(F)(F)F)cc1. The second kappa shape index (κ2) is 6.60. The lowest BCUT2D eigenvalue weighted by atomic mass is 9.97. The third kappa shape index (κ3) is 5.09. The maximum Gasteiger partial charge on any atom is 0.471 e. The number of nitrogens with one attached hydrogen (secondary N) is 1. The highest BCUT2D eigenvalue weighted by Gasteiger charge is 2.39. The van der Waals surface area contributed by atoms with E-state index in [0.29, 0.717) is 0 Å². The van der Waals surface area contributed by atoms with Gasteiger partial charge in [0, 0.05) is 12.4 Å². The Kier molecular flexibility index (Phi) is 5.34. The van der Waals surface area contributed by atoms with E-state index >= 15 is 0 Å². The molecule has 0 unspecified atom stereocenters. The van der Waals surface area contributed by atoms with Gasteiger partial charge in [0.05, 0.1) is 6.04 Å². The minimum atomic E-state index is -5.07. The summed E-state index contributed by atoms with van der Waals surface area (Å²) in [7, 11) is 0. The first-order chi connectivity index (χ1) is 9.61. The summed E-state index contributed by atoms with van der Waals surface area (Å²) in [5.41, 5.74) is 1.23. The Morgan fingerprint density at radius 1 is 1.14 bits per heavy atom. The van der Waals surface area contributed by atoms with Gasteiger partial charge in [0.15, 0.2) is 0 Å². The molecule has 4 nitrogen and oxygen atoms in total. The van der Waals surface area contributed by atoms with Gasteiger partial charge in [0.25, 0.3) is 0 Å². The maximum atomic E-state index is 12.3. The number of amides is 1. The van der Waals surface area contributed by atoms with Crippen molar-refractivity contribution in [1.82, 2.24) is 5.32 Å². The molecule has 116 valence electrons. The maximum absolute atomic E-state index is 12.3. The van der Waals surface area contributed by atoms with E-state index in [1.165, 1.54) is 12.1 Å². The van der Waals surface area contributed by atoms with Gasteiger partial charge in [-0.2, -0.15) is 13.2 Å². The van der Waals surface area contributed by atoms with Crippen molar-refractivity contribution in [2.75, 3.05) is 0 Å². The molecule has 0 fully saturated rings. The molecule has 21 heavy (non-hydrogen) atoms. The molecule has 0 heterocycles. The number of hydrogen-bond acceptors (Lipinski definition) is 3. The Morgan fingerprint density at radius 2 is 1.62 bits per heavy atom. The lowest BCUT2D eigenvalue weighted by Crippen LogP contribution is -2.41. The summed E-state index contributed by atoms with van der Waals surface area (Å²) >= 11 is 0. The molecule has 0 aromatic heterocycles. The summed E-state index contributed by atoms with van der Waals surface area (Å²) in [6, 6.07) is 5.08. The van der Waals surface area contributed by atoms with Crippen molar-refractivity contribution in [1.29, 1.82) is 0 Å². The van der Waals surface area contributed by atoms with E-state index in [2.05, 4.69) is 0 Å². The molecule has 1 aromatic rings. The van der Waals surface area contributed by atoms with Gasteiger partial charge >= 0.3 is 12.1 Å². The lowest BCUT2D eigenvalue weighted by Gasteiger charge is -2.21. The van der Waals surface area contributed by atoms with Crippen LogP contribution in [0, 0.1) is 0 Å². The van der Waals surface area contributed by atoms with Crippen LogP contribution in [0.3, 0.4) is 0 Å². The first-order valence-corrected chi connectivity index (χ1v) is 6.28. The second-order valence-corrected chi connectivity index (χ2v) is 4.92. The van der Waals surface area contributed by atoms with Crippen LogP contribution in [0.15, 0.2) is 24.3 Å². The number of halogens is 3. The number of carbonyl (C=O) groups is 2. The van der Waals surface area contributed by atoms with E-state index in [9.17, 15) is 27.9 Å². The van der Waals surface area contributed by atoms with E-state index in [-0.39, 0.29) is 11.5 Å². The third-order valence-electron chi connectivity index (χ3n) is 2.94. The molecule has 1 atom stereocenters. The lowest BCUT2D eigenvalue weighted by molar-refractivity contribution is -0.306. The van der Waals surface area contributed by atoms with Gasteiger partial charge in [-0.1, -0.05) is 38.1 Å². The van der Waals surface area contributed by atoms with E-state index < -0.39 is 30.5 Å². The average molecular weight is 302 g/mol. The summed E-state index contributed by atoms with van der Waals surface area (Å²) in [4.78, 5) is 21.6. The molecule has 1 N–H and O–H groups in total. The van der Waals surface area contributed by atoms with Crippen LogP contribution in [-0.4, -0.2) is 18.1 Å². The van der Waals surface area contributed by atoms with Crippen LogP contribution in [0.2, 0.25) is 0 Å². The molecule has 0 bridgehead atoms. The van der Waals surface area contributed by atoms with Crippen LogP contribution >= 0.6 is 0 Å². The predicted molar refractivity (Wildman–Crippen MR) is 67.1 cm³/mol. The van der Waals surface area contributed by atoms with Crippen molar-refractivity contribution < 1.29 is 27.9 Å². The molecule has 0 spiro atoms. The number of benzene rings is 1. The molecular weight excluding hydrogens is 287 g/mol. The largest absolute Gasteiger partial charge is 0.550 e. The van der Waals surface area contributed by atoms with Gasteiger partial charge in [-0.15, -0.1) is 0 Å². The summed E-state index contributed by atoms with van der Waals surface area (Å²) < 4.78 is 36.8. The number of carboxylic acid groups (broad SMARTS) is 1. The molecule has 0 radical (unpaired) electrons. The minimum absolute atomic E-state index is 0.225. The van der Waals surface area contributed by atoms with E-state index in [0.717, 1.165) is 5.56 Å². The van der Waals surface area contributed by atoms with Gasteiger partial charge in [-0.3, -0.25) is 4.79 Å². The molecular formula is C14H15F3NO3-. The van der Waals surface area contributed by atoms with Crippen LogP contribution in [0.1, 0.15) is 43.4 Å². The molecule has 0 aliphatic heterocycles. The molecule has 0 saturated carbocycles. The number of alkyl halides is 3. The molecule has 7 heteroatoms. The highest BCUT2D eigenvalue weighted by atomic mass is 19.4. The Morgan fingerprint density at radius 3 is 2.00 bits per heavy atom. The average Bonchev–Trinajstić information content (AvgIpc) is 2.36. The van der Waals surface area contributed by atoms with Crippen LogP contribution in [0.5, 0.6) is 0 Å². The number of aliphatic carboxylic acids is 1. The standard InChI is InChI=1S/C14H16F3NO3/c1-8(2)9-3-5-10(6-4-9)11(7-12(19)20)18-13(21)14(15,16)17/h3-6,8,11H,7H2,1-2H3,(H,18,21)(H,19,20)/p-1/t11-/m1/s1. The predicted octanol–water partition coefficient (Wildman–Crippen LogP) is 1.67. The Bertz CT molecular complexity index is 509. The Balaban J connectivity index is 2.97. The summed E-state index contributed by atoms with van der Waals surface area (Å²) in [5, 5.41) is 12.3. The normalized spacial score (nSPS) is 13.0. The first kappa shape index (κ1) is 17.0. The molecule has 0 aliphatic rings. The summed E-state index contributed by atoms with van der Waals surface area (Å²) in [5.74, 6) is -3.50. The molecule has 1 amide bonds. The van der Waals surface area contributed by atoms with Crippen LogP contribution < -0.4 is 10.4 Å². The fourth-order valence-electron chi connectivity index (χ4n) is 1.77. The second-order valence-electron chi connectivity index (χ2n) is 4.92. The molecule has 1 aromatic carbocycles. The Hall–Kier alpha value is -2.05. The monoisotopic (exact) mass is 302 g/mol. The van der Waals surface area contributed by atoms with E-state index in [1.54, 1.807) is 17.4 Å². The van der Waals surface area contributed by atoms with Gasteiger partial charge in [0.2, 0.25) is 0 Å². The highest BCUT2D eigenvalue weighted by Crippen LogP contribution is 2.23. The molecule has 0 saturated heterocycles. The molecule has 1 rings (SSSR count). The number of rotatable bonds is 5. The van der Waals surface area contributed by atoms with Gasteiger partial charge in [-0.05, 0) is 17.0 Å². The topological polar surface area (TPSA) is 69.2 Å². The van der Waals surface area contributed by atoms with Gasteiger partial charge < -0.3 is 15.2 Å². The van der Waals surface area contributed by atoms with Crippen molar-refractivity contribution in [3.05, 3.63) is 35.4 Å². The fourth-order valence-corrected chi connectivity index (χ4v) is 1.77. The van der Waals surface area contributed by atoms with E-state index in [1.807, 2.05) is 13.8 Å². The van der Waals surface area contributed by atoms with Crippen LogP contribution in [0.25, 0.3) is 0 Å². The van der Waals surface area contributed by atoms with E-state index in [4.69, 9.17) is 0 Å². The zero-order chi connectivity index (χ0) is 16.2. The number of carboxylic acids is 1. The summed E-state index contributed by atoms with van der Waals surface area (Å²) in [6.45, 7) is 3.89. The fraction of sp³-hybridized carbons (Fsp3) is 0.429. The quantitative estimate of drug-likeness (QED) is 0.899. The van der Waals surface area contributed by atoms with Crippen molar-refractivity contribution in [2.45, 2.75) is 38.4 Å². The minimum Gasteiger partial charge on any atom is -0.550 e. The van der Waals surface area contributed by atoms with Crippen molar-refractivity contribution in [3.8, 4) is 0 Å². The number of hydrogen-bond donors (Lipinski definition) is 1. The highest BCUT2D eigenvalue weighted by molar-refractivity contribution is 5.82. The van der Waals surface area contributed by atoms with Crippen LogP contribution in [-0.2, 0) is 9.59 Å². The molecule has 0 aliphatic carbocycles.